The molecule has 1 fully saturated rings. The Kier molecular flexibility index (Phi) is 9.90. The molecule has 0 saturated heterocycles. The highest BCUT2D eigenvalue weighted by molar-refractivity contribution is 9.09. The Morgan fingerprint density at radius 3 is 2.50 bits per heavy atom. The molecule has 1 aliphatic rings. The van der Waals surface area contributed by atoms with E-state index in [4.69, 9.17) is 4.74 Å². The van der Waals surface area contributed by atoms with E-state index in [0.29, 0.717) is 12.1 Å². The van der Waals surface area contributed by atoms with E-state index in [0.717, 1.165) is 18.5 Å². The van der Waals surface area contributed by atoms with Crippen LogP contribution in [0, 0.1) is 0 Å². The van der Waals surface area contributed by atoms with Gasteiger partial charge in [-0.3, -0.25) is 0 Å². The molecule has 0 aliphatic heterocycles. The largest absolute Gasteiger partial charge is 0.378 e. The first-order valence-corrected chi connectivity index (χ1v) is 8.50. The Morgan fingerprint density at radius 2 is 1.83 bits per heavy atom. The van der Waals surface area contributed by atoms with Crippen molar-refractivity contribution in [2.75, 3.05) is 18.5 Å². The first-order chi connectivity index (χ1) is 8.86. The van der Waals surface area contributed by atoms with Crippen molar-refractivity contribution in [3.63, 3.8) is 0 Å². The maximum atomic E-state index is 5.96. The number of alkyl halides is 1. The van der Waals surface area contributed by atoms with Crippen LogP contribution in [0.15, 0.2) is 12.7 Å². The standard InChI is InChI=1S/C15H28BrNO/c1-2-12-17-14-7-9-15(10-8-14)18-13-6-4-3-5-11-16/h2,14-15,17H,1,3-13H2. The smallest absolute Gasteiger partial charge is 0.0576 e. The molecule has 18 heavy (non-hydrogen) atoms. The zero-order valence-electron chi connectivity index (χ0n) is 11.5. The Bertz CT molecular complexity index is 203. The number of hydrogen-bond acceptors (Lipinski definition) is 2. The highest BCUT2D eigenvalue weighted by atomic mass is 79.9. The lowest BCUT2D eigenvalue weighted by Crippen LogP contribution is -2.35. The van der Waals surface area contributed by atoms with Crippen LogP contribution >= 0.6 is 15.9 Å². The predicted octanol–water partition coefficient (Wildman–Crippen LogP) is 4.05. The van der Waals surface area contributed by atoms with Gasteiger partial charge in [-0.15, -0.1) is 6.58 Å². The third-order valence-corrected chi connectivity index (χ3v) is 4.17. The zero-order valence-corrected chi connectivity index (χ0v) is 13.1. The van der Waals surface area contributed by atoms with Gasteiger partial charge in [0.25, 0.3) is 0 Å². The van der Waals surface area contributed by atoms with Crippen molar-refractivity contribution >= 4 is 15.9 Å². The first kappa shape index (κ1) is 16.2. The van der Waals surface area contributed by atoms with Crippen LogP contribution in [-0.4, -0.2) is 30.6 Å². The van der Waals surface area contributed by atoms with E-state index in [-0.39, 0.29) is 0 Å². The maximum absolute atomic E-state index is 5.96. The van der Waals surface area contributed by atoms with Crippen LogP contribution in [0.4, 0.5) is 0 Å². The van der Waals surface area contributed by atoms with Crippen molar-refractivity contribution in [3.8, 4) is 0 Å². The fraction of sp³-hybridized carbons (Fsp3) is 0.867. The van der Waals surface area contributed by atoms with E-state index in [9.17, 15) is 0 Å². The number of ether oxygens (including phenoxy) is 1. The highest BCUT2D eigenvalue weighted by Gasteiger charge is 2.20. The summed E-state index contributed by atoms with van der Waals surface area (Å²) in [7, 11) is 0. The monoisotopic (exact) mass is 317 g/mol. The average molecular weight is 318 g/mol. The summed E-state index contributed by atoms with van der Waals surface area (Å²) < 4.78 is 5.96. The second-order valence-electron chi connectivity index (χ2n) is 5.14. The quantitative estimate of drug-likeness (QED) is 0.373. The molecule has 0 radical (unpaired) electrons. The second-order valence-corrected chi connectivity index (χ2v) is 5.94. The summed E-state index contributed by atoms with van der Waals surface area (Å²) in [6.07, 6.45) is 12.5. The average Bonchev–Trinajstić information content (AvgIpc) is 2.42. The topological polar surface area (TPSA) is 21.3 Å². The van der Waals surface area contributed by atoms with Crippen LogP contribution in [0.1, 0.15) is 51.4 Å². The predicted molar refractivity (Wildman–Crippen MR) is 82.5 cm³/mol. The molecule has 1 saturated carbocycles. The molecule has 0 aromatic heterocycles. The molecule has 0 amide bonds. The third-order valence-electron chi connectivity index (χ3n) is 3.61. The van der Waals surface area contributed by atoms with E-state index in [1.807, 2.05) is 6.08 Å². The Balaban J connectivity index is 1.93. The third kappa shape index (κ3) is 7.55. The molecular formula is C15H28BrNO. The lowest BCUT2D eigenvalue weighted by Gasteiger charge is -2.29. The van der Waals surface area contributed by atoms with Crippen molar-refractivity contribution in [1.29, 1.82) is 0 Å². The van der Waals surface area contributed by atoms with E-state index in [1.165, 1.54) is 51.4 Å². The summed E-state index contributed by atoms with van der Waals surface area (Å²) in [5, 5.41) is 4.64. The number of nitrogens with one attached hydrogen (secondary N) is 1. The summed E-state index contributed by atoms with van der Waals surface area (Å²) in [5.74, 6) is 0. The minimum Gasteiger partial charge on any atom is -0.378 e. The van der Waals surface area contributed by atoms with Crippen LogP contribution in [0.3, 0.4) is 0 Å². The zero-order chi connectivity index (χ0) is 13.1. The molecule has 0 bridgehead atoms. The molecule has 2 nitrogen and oxygen atoms in total. The molecule has 1 rings (SSSR count). The van der Waals surface area contributed by atoms with Gasteiger partial charge < -0.3 is 10.1 Å². The Labute approximate surface area is 121 Å². The molecule has 0 spiro atoms. The van der Waals surface area contributed by atoms with Gasteiger partial charge in [0, 0.05) is 24.5 Å². The van der Waals surface area contributed by atoms with Crippen LogP contribution < -0.4 is 5.32 Å². The summed E-state index contributed by atoms with van der Waals surface area (Å²) in [5.41, 5.74) is 0. The molecule has 0 unspecified atom stereocenters. The summed E-state index contributed by atoms with van der Waals surface area (Å²) in [4.78, 5) is 0. The van der Waals surface area contributed by atoms with Gasteiger partial charge in [-0.05, 0) is 38.5 Å². The lowest BCUT2D eigenvalue weighted by molar-refractivity contribution is 0.0208. The lowest BCUT2D eigenvalue weighted by atomic mass is 9.93. The molecular weight excluding hydrogens is 290 g/mol. The van der Waals surface area contributed by atoms with Crippen molar-refractivity contribution in [1.82, 2.24) is 5.32 Å². The van der Waals surface area contributed by atoms with Crippen LogP contribution in [-0.2, 0) is 4.74 Å². The fourth-order valence-electron chi connectivity index (χ4n) is 2.48. The van der Waals surface area contributed by atoms with Gasteiger partial charge in [-0.25, -0.2) is 0 Å². The number of rotatable bonds is 10. The van der Waals surface area contributed by atoms with Crippen LogP contribution in [0.2, 0.25) is 0 Å². The molecule has 0 heterocycles. The van der Waals surface area contributed by atoms with Gasteiger partial charge >= 0.3 is 0 Å². The van der Waals surface area contributed by atoms with Gasteiger partial charge in [0.2, 0.25) is 0 Å². The normalized spacial score (nSPS) is 24.1. The second kappa shape index (κ2) is 11.0. The fourth-order valence-corrected chi connectivity index (χ4v) is 2.88. The molecule has 3 heteroatoms. The van der Waals surface area contributed by atoms with Crippen molar-refractivity contribution in [2.24, 2.45) is 0 Å². The van der Waals surface area contributed by atoms with Crippen molar-refractivity contribution < 1.29 is 4.74 Å². The van der Waals surface area contributed by atoms with E-state index in [1.54, 1.807) is 0 Å². The van der Waals surface area contributed by atoms with Gasteiger partial charge in [-0.2, -0.15) is 0 Å². The number of halogens is 1. The van der Waals surface area contributed by atoms with Gasteiger partial charge in [-0.1, -0.05) is 34.8 Å². The Hall–Kier alpha value is 0.140. The minimum atomic E-state index is 0.517. The van der Waals surface area contributed by atoms with Gasteiger partial charge in [0.1, 0.15) is 0 Å². The van der Waals surface area contributed by atoms with Crippen LogP contribution in [0.5, 0.6) is 0 Å². The molecule has 0 aromatic rings. The molecule has 1 aliphatic carbocycles. The summed E-state index contributed by atoms with van der Waals surface area (Å²) >= 11 is 3.46. The molecule has 0 aromatic carbocycles. The van der Waals surface area contributed by atoms with Crippen molar-refractivity contribution in [3.05, 3.63) is 12.7 Å². The van der Waals surface area contributed by atoms with E-state index in [2.05, 4.69) is 27.8 Å². The van der Waals surface area contributed by atoms with E-state index < -0.39 is 0 Å². The van der Waals surface area contributed by atoms with Gasteiger partial charge in [0.05, 0.1) is 6.10 Å². The highest BCUT2D eigenvalue weighted by Crippen LogP contribution is 2.21. The van der Waals surface area contributed by atoms with Gasteiger partial charge in [0.15, 0.2) is 0 Å². The first-order valence-electron chi connectivity index (χ1n) is 7.38. The minimum absolute atomic E-state index is 0.517. The number of hydrogen-bond donors (Lipinski definition) is 1. The SMILES string of the molecule is C=CCNC1CCC(OCCCCCCBr)CC1. The molecule has 106 valence electrons. The summed E-state index contributed by atoms with van der Waals surface area (Å²) in [6, 6.07) is 0.682. The summed E-state index contributed by atoms with van der Waals surface area (Å²) in [6.45, 7) is 5.63. The van der Waals surface area contributed by atoms with Crippen molar-refractivity contribution in [2.45, 2.75) is 63.5 Å². The maximum Gasteiger partial charge on any atom is 0.0576 e. The van der Waals surface area contributed by atoms with E-state index >= 15 is 0 Å². The molecule has 0 atom stereocenters. The van der Waals surface area contributed by atoms with Crippen LogP contribution in [0.25, 0.3) is 0 Å². The molecule has 1 N–H and O–H groups in total. The number of unbranched alkanes of at least 4 members (excludes halogenated alkanes) is 3. The Morgan fingerprint density at radius 1 is 1.11 bits per heavy atom.